The summed E-state index contributed by atoms with van der Waals surface area (Å²) in [6, 6.07) is 10.9. The first-order valence-corrected chi connectivity index (χ1v) is 5.82. The predicted octanol–water partition coefficient (Wildman–Crippen LogP) is 4.27. The second-order valence-electron chi connectivity index (χ2n) is 4.28. The van der Waals surface area contributed by atoms with Crippen molar-refractivity contribution < 1.29 is 22.4 Å². The van der Waals surface area contributed by atoms with Crippen LogP contribution < -0.4 is 0 Å². The van der Waals surface area contributed by atoms with Gasteiger partial charge in [-0.2, -0.15) is 13.2 Å². The average Bonchev–Trinajstić information content (AvgIpc) is 2.39. The molecule has 0 bridgehead atoms. The molecule has 20 heavy (non-hydrogen) atoms. The number of hydrogen-bond acceptors (Lipinski definition) is 1. The van der Waals surface area contributed by atoms with E-state index < -0.39 is 23.3 Å². The largest absolute Gasteiger partial charge is 0.419 e. The van der Waals surface area contributed by atoms with Gasteiger partial charge in [0.05, 0.1) is 5.56 Å². The fraction of sp³-hybridized carbons (Fsp3) is 0.133. The van der Waals surface area contributed by atoms with Gasteiger partial charge in [-0.05, 0) is 23.8 Å². The molecule has 0 N–H and O–H groups in total. The molecule has 0 amide bonds. The van der Waals surface area contributed by atoms with Gasteiger partial charge < -0.3 is 0 Å². The number of halogens is 4. The van der Waals surface area contributed by atoms with Crippen molar-refractivity contribution >= 4 is 5.78 Å². The highest BCUT2D eigenvalue weighted by Crippen LogP contribution is 2.32. The minimum atomic E-state index is -4.81. The van der Waals surface area contributed by atoms with Gasteiger partial charge in [-0.15, -0.1) is 0 Å². The van der Waals surface area contributed by atoms with Crippen molar-refractivity contribution in [3.05, 3.63) is 71.0 Å². The van der Waals surface area contributed by atoms with Crippen LogP contribution >= 0.6 is 0 Å². The zero-order valence-electron chi connectivity index (χ0n) is 10.2. The van der Waals surface area contributed by atoms with Gasteiger partial charge in [-0.25, -0.2) is 4.39 Å². The van der Waals surface area contributed by atoms with Crippen LogP contribution in [0.5, 0.6) is 0 Å². The molecule has 0 saturated carbocycles. The SMILES string of the molecule is O=C(Cc1ccccc1)c1ccc(F)c(C(F)(F)F)c1. The van der Waals surface area contributed by atoms with Crippen LogP contribution in [-0.2, 0) is 12.6 Å². The van der Waals surface area contributed by atoms with Crippen LogP contribution in [0.1, 0.15) is 21.5 Å². The van der Waals surface area contributed by atoms with E-state index in [0.29, 0.717) is 17.7 Å². The topological polar surface area (TPSA) is 17.1 Å². The molecule has 0 unspecified atom stereocenters. The summed E-state index contributed by atoms with van der Waals surface area (Å²) in [5, 5.41) is 0. The smallest absolute Gasteiger partial charge is 0.294 e. The van der Waals surface area contributed by atoms with Crippen LogP contribution in [0, 0.1) is 5.82 Å². The Morgan fingerprint density at radius 2 is 1.65 bits per heavy atom. The summed E-state index contributed by atoms with van der Waals surface area (Å²) in [5.41, 5.74) is -0.880. The van der Waals surface area contributed by atoms with Crippen molar-refractivity contribution in [2.24, 2.45) is 0 Å². The van der Waals surface area contributed by atoms with Crippen molar-refractivity contribution in [3.8, 4) is 0 Å². The Morgan fingerprint density at radius 1 is 1.00 bits per heavy atom. The van der Waals surface area contributed by atoms with Crippen LogP contribution in [0.4, 0.5) is 17.6 Å². The highest BCUT2D eigenvalue weighted by molar-refractivity contribution is 5.97. The Labute approximate surface area is 112 Å². The molecule has 0 aliphatic carbocycles. The van der Waals surface area contributed by atoms with E-state index >= 15 is 0 Å². The summed E-state index contributed by atoms with van der Waals surface area (Å²) in [4.78, 5) is 11.9. The van der Waals surface area contributed by atoms with Gasteiger partial charge in [0.1, 0.15) is 5.82 Å². The highest BCUT2D eigenvalue weighted by Gasteiger charge is 2.34. The Bertz CT molecular complexity index is 618. The average molecular weight is 282 g/mol. The molecule has 0 spiro atoms. The molecule has 0 aromatic heterocycles. The minimum Gasteiger partial charge on any atom is -0.294 e. The normalized spacial score (nSPS) is 11.4. The standard InChI is InChI=1S/C15H10F4O/c16-13-7-6-11(9-12(13)15(17,18)19)14(20)8-10-4-2-1-3-5-10/h1-7,9H,8H2. The Balaban J connectivity index is 2.27. The zero-order valence-corrected chi connectivity index (χ0v) is 10.2. The van der Waals surface area contributed by atoms with E-state index in [9.17, 15) is 22.4 Å². The number of rotatable bonds is 3. The van der Waals surface area contributed by atoms with Gasteiger partial charge in [-0.1, -0.05) is 30.3 Å². The summed E-state index contributed by atoms with van der Waals surface area (Å²) < 4.78 is 50.8. The van der Waals surface area contributed by atoms with Crippen LogP contribution in [0.15, 0.2) is 48.5 Å². The quantitative estimate of drug-likeness (QED) is 0.607. The lowest BCUT2D eigenvalue weighted by molar-refractivity contribution is -0.140. The Hall–Kier alpha value is -2.17. The summed E-state index contributed by atoms with van der Waals surface area (Å²) in [6.07, 6.45) is -4.84. The van der Waals surface area contributed by atoms with Gasteiger partial charge in [0.25, 0.3) is 0 Å². The number of benzene rings is 2. The molecular formula is C15H10F4O. The van der Waals surface area contributed by atoms with Crippen molar-refractivity contribution in [3.63, 3.8) is 0 Å². The van der Waals surface area contributed by atoms with Crippen molar-refractivity contribution in [1.82, 2.24) is 0 Å². The molecule has 2 aromatic rings. The molecular weight excluding hydrogens is 272 g/mol. The third kappa shape index (κ3) is 3.23. The first-order chi connectivity index (χ1) is 9.38. The second kappa shape index (κ2) is 5.45. The second-order valence-corrected chi connectivity index (χ2v) is 4.28. The van der Waals surface area contributed by atoms with Gasteiger partial charge in [0.15, 0.2) is 5.78 Å². The number of carbonyl (C=O) groups excluding carboxylic acids is 1. The van der Waals surface area contributed by atoms with Crippen LogP contribution in [0.3, 0.4) is 0 Å². The van der Waals surface area contributed by atoms with Gasteiger partial charge in [0.2, 0.25) is 0 Å². The molecule has 2 aromatic carbocycles. The van der Waals surface area contributed by atoms with Crippen molar-refractivity contribution in [2.75, 3.05) is 0 Å². The predicted molar refractivity (Wildman–Crippen MR) is 65.9 cm³/mol. The number of hydrogen-bond donors (Lipinski definition) is 0. The maximum Gasteiger partial charge on any atom is 0.419 e. The van der Waals surface area contributed by atoms with E-state index in [0.717, 1.165) is 6.07 Å². The van der Waals surface area contributed by atoms with Crippen LogP contribution in [-0.4, -0.2) is 5.78 Å². The lowest BCUT2D eigenvalue weighted by Gasteiger charge is -2.09. The molecule has 0 heterocycles. The molecule has 104 valence electrons. The molecule has 5 heteroatoms. The van der Waals surface area contributed by atoms with E-state index in [1.54, 1.807) is 30.3 Å². The maximum atomic E-state index is 13.1. The van der Waals surface area contributed by atoms with Gasteiger partial charge >= 0.3 is 6.18 Å². The van der Waals surface area contributed by atoms with E-state index in [1.807, 2.05) is 0 Å². The number of Topliss-reactive ketones (excluding diaryl/α,β-unsaturated/α-hetero) is 1. The third-order valence-electron chi connectivity index (χ3n) is 2.80. The molecule has 0 aliphatic rings. The first kappa shape index (κ1) is 14.2. The van der Waals surface area contributed by atoms with Crippen molar-refractivity contribution in [1.29, 1.82) is 0 Å². The number of carbonyl (C=O) groups is 1. The summed E-state index contributed by atoms with van der Waals surface area (Å²) in [6.45, 7) is 0. The molecule has 0 aliphatic heterocycles. The third-order valence-corrected chi connectivity index (χ3v) is 2.80. The minimum absolute atomic E-state index is 0.0240. The highest BCUT2D eigenvalue weighted by atomic mass is 19.4. The fourth-order valence-corrected chi connectivity index (χ4v) is 1.80. The van der Waals surface area contributed by atoms with E-state index in [4.69, 9.17) is 0 Å². The van der Waals surface area contributed by atoms with Gasteiger partial charge in [0, 0.05) is 12.0 Å². The van der Waals surface area contributed by atoms with E-state index in [2.05, 4.69) is 0 Å². The Kier molecular flexibility index (Phi) is 3.88. The lowest BCUT2D eigenvalue weighted by atomic mass is 10.0. The monoisotopic (exact) mass is 282 g/mol. The number of ketones is 1. The number of alkyl halides is 3. The van der Waals surface area contributed by atoms with Crippen molar-refractivity contribution in [2.45, 2.75) is 12.6 Å². The van der Waals surface area contributed by atoms with Gasteiger partial charge in [-0.3, -0.25) is 4.79 Å². The summed E-state index contributed by atoms with van der Waals surface area (Å²) in [7, 11) is 0. The molecule has 2 rings (SSSR count). The fourth-order valence-electron chi connectivity index (χ4n) is 1.80. The zero-order chi connectivity index (χ0) is 14.8. The molecule has 0 saturated heterocycles. The molecule has 0 atom stereocenters. The van der Waals surface area contributed by atoms with E-state index in [1.165, 1.54) is 0 Å². The van der Waals surface area contributed by atoms with E-state index in [-0.39, 0.29) is 12.0 Å². The molecule has 1 nitrogen and oxygen atoms in total. The molecule has 0 fully saturated rings. The summed E-state index contributed by atoms with van der Waals surface area (Å²) >= 11 is 0. The van der Waals surface area contributed by atoms with Crippen LogP contribution in [0.25, 0.3) is 0 Å². The first-order valence-electron chi connectivity index (χ1n) is 5.82. The maximum absolute atomic E-state index is 13.1. The van der Waals surface area contributed by atoms with Crippen LogP contribution in [0.2, 0.25) is 0 Å². The summed E-state index contributed by atoms with van der Waals surface area (Å²) in [5.74, 6) is -1.87. The Morgan fingerprint density at radius 3 is 2.25 bits per heavy atom. The lowest BCUT2D eigenvalue weighted by Crippen LogP contribution is -2.11. The molecule has 0 radical (unpaired) electrons.